The minimum absolute atomic E-state index is 0.604. The molecule has 1 rings (SSSR count). The van der Waals surface area contributed by atoms with E-state index in [2.05, 4.69) is 34.6 Å². The SMILES string of the molecule is CC1C(C)(C)C1(C)C. The molecule has 8 heavy (non-hydrogen) atoms. The second kappa shape index (κ2) is 1.12. The highest BCUT2D eigenvalue weighted by atomic mass is 14.7. The summed E-state index contributed by atoms with van der Waals surface area (Å²) in [6.07, 6.45) is 0. The molecule has 0 aromatic carbocycles. The van der Waals surface area contributed by atoms with Gasteiger partial charge in [-0.25, -0.2) is 0 Å². The summed E-state index contributed by atoms with van der Waals surface area (Å²) >= 11 is 0. The van der Waals surface area contributed by atoms with Gasteiger partial charge < -0.3 is 0 Å². The van der Waals surface area contributed by atoms with Gasteiger partial charge in [-0.15, -0.1) is 0 Å². The summed E-state index contributed by atoms with van der Waals surface area (Å²) in [6.45, 7) is 11.7. The summed E-state index contributed by atoms with van der Waals surface area (Å²) < 4.78 is 0. The summed E-state index contributed by atoms with van der Waals surface area (Å²) in [7, 11) is 0. The third-order valence-corrected chi connectivity index (χ3v) is 3.74. The molecule has 0 nitrogen and oxygen atoms in total. The van der Waals surface area contributed by atoms with E-state index in [0.29, 0.717) is 10.8 Å². The smallest absolute Gasteiger partial charge is 0.0269 e. The molecule has 0 unspecified atom stereocenters. The number of rotatable bonds is 0. The molecular formula is C8H16. The zero-order valence-corrected chi connectivity index (χ0v) is 6.58. The van der Waals surface area contributed by atoms with Crippen LogP contribution in [-0.2, 0) is 0 Å². The van der Waals surface area contributed by atoms with Gasteiger partial charge in [-0.2, -0.15) is 0 Å². The molecular weight excluding hydrogens is 96.1 g/mol. The van der Waals surface area contributed by atoms with Crippen molar-refractivity contribution in [3.8, 4) is 0 Å². The van der Waals surface area contributed by atoms with Gasteiger partial charge in [-0.1, -0.05) is 34.6 Å². The van der Waals surface area contributed by atoms with Gasteiger partial charge >= 0.3 is 0 Å². The lowest BCUT2D eigenvalue weighted by Gasteiger charge is -2.04. The Bertz CT molecular complexity index is 95.2. The molecule has 1 fully saturated rings. The molecule has 0 atom stereocenters. The van der Waals surface area contributed by atoms with E-state index in [-0.39, 0.29) is 0 Å². The van der Waals surface area contributed by atoms with Gasteiger partial charge in [0.25, 0.3) is 0 Å². The van der Waals surface area contributed by atoms with Crippen molar-refractivity contribution in [1.29, 1.82) is 0 Å². The molecule has 0 aromatic rings. The van der Waals surface area contributed by atoms with Crippen LogP contribution in [0.5, 0.6) is 0 Å². The lowest BCUT2D eigenvalue weighted by atomic mass is 10.0. The first-order valence-corrected chi connectivity index (χ1v) is 3.40. The van der Waals surface area contributed by atoms with Gasteiger partial charge in [0.15, 0.2) is 0 Å². The van der Waals surface area contributed by atoms with E-state index in [9.17, 15) is 0 Å². The largest absolute Gasteiger partial charge is 0.0614 e. The second-order valence-electron chi connectivity index (χ2n) is 4.17. The minimum atomic E-state index is 0.604. The molecule has 0 spiro atoms. The summed E-state index contributed by atoms with van der Waals surface area (Å²) in [5.74, 6) is 0.912. The Hall–Kier alpha value is 0. The van der Waals surface area contributed by atoms with Crippen molar-refractivity contribution < 1.29 is 0 Å². The second-order valence-corrected chi connectivity index (χ2v) is 4.17. The van der Waals surface area contributed by atoms with Crippen LogP contribution in [-0.4, -0.2) is 0 Å². The van der Waals surface area contributed by atoms with Crippen LogP contribution in [0.1, 0.15) is 34.6 Å². The molecule has 0 bridgehead atoms. The molecule has 48 valence electrons. The monoisotopic (exact) mass is 112 g/mol. The van der Waals surface area contributed by atoms with Gasteiger partial charge in [-0.3, -0.25) is 0 Å². The lowest BCUT2D eigenvalue weighted by Crippen LogP contribution is -1.95. The first kappa shape index (κ1) is 6.12. The maximum Gasteiger partial charge on any atom is -0.0269 e. The van der Waals surface area contributed by atoms with Crippen LogP contribution in [0.2, 0.25) is 0 Å². The summed E-state index contributed by atoms with van der Waals surface area (Å²) in [5, 5.41) is 0. The quantitative estimate of drug-likeness (QED) is 0.452. The molecule has 0 heteroatoms. The van der Waals surface area contributed by atoms with Crippen molar-refractivity contribution in [2.24, 2.45) is 16.7 Å². The first-order valence-electron chi connectivity index (χ1n) is 3.40. The van der Waals surface area contributed by atoms with Crippen molar-refractivity contribution in [2.75, 3.05) is 0 Å². The Morgan fingerprint density at radius 2 is 1.00 bits per heavy atom. The molecule has 0 heterocycles. The Kier molecular flexibility index (Phi) is 0.858. The number of hydrogen-bond donors (Lipinski definition) is 0. The van der Waals surface area contributed by atoms with Crippen LogP contribution in [0, 0.1) is 16.7 Å². The normalized spacial score (nSPS) is 32.6. The molecule has 1 saturated carbocycles. The average Bonchev–Trinajstić information content (AvgIpc) is 1.88. The van der Waals surface area contributed by atoms with E-state index in [4.69, 9.17) is 0 Å². The fraction of sp³-hybridized carbons (Fsp3) is 1.00. The van der Waals surface area contributed by atoms with Crippen LogP contribution in [0.4, 0.5) is 0 Å². The van der Waals surface area contributed by atoms with Gasteiger partial charge in [0.05, 0.1) is 0 Å². The van der Waals surface area contributed by atoms with Crippen molar-refractivity contribution in [1.82, 2.24) is 0 Å². The van der Waals surface area contributed by atoms with E-state index in [1.807, 2.05) is 0 Å². The first-order chi connectivity index (χ1) is 3.40. The fourth-order valence-corrected chi connectivity index (χ4v) is 1.53. The lowest BCUT2D eigenvalue weighted by molar-refractivity contribution is 0.457. The van der Waals surface area contributed by atoms with E-state index in [1.54, 1.807) is 0 Å². The van der Waals surface area contributed by atoms with Crippen molar-refractivity contribution >= 4 is 0 Å². The van der Waals surface area contributed by atoms with E-state index in [0.717, 1.165) is 5.92 Å². The Morgan fingerprint density at radius 1 is 0.875 bits per heavy atom. The van der Waals surface area contributed by atoms with E-state index < -0.39 is 0 Å². The van der Waals surface area contributed by atoms with Crippen LogP contribution in [0.15, 0.2) is 0 Å². The van der Waals surface area contributed by atoms with Crippen molar-refractivity contribution in [3.05, 3.63) is 0 Å². The van der Waals surface area contributed by atoms with Crippen LogP contribution < -0.4 is 0 Å². The molecule has 0 aliphatic heterocycles. The van der Waals surface area contributed by atoms with Crippen molar-refractivity contribution in [3.63, 3.8) is 0 Å². The Labute approximate surface area is 52.3 Å². The van der Waals surface area contributed by atoms with Gasteiger partial charge in [0.2, 0.25) is 0 Å². The highest BCUT2D eigenvalue weighted by Gasteiger charge is 2.61. The maximum atomic E-state index is 2.34. The van der Waals surface area contributed by atoms with E-state index >= 15 is 0 Å². The fourth-order valence-electron chi connectivity index (χ4n) is 1.53. The highest BCUT2D eigenvalue weighted by Crippen LogP contribution is 2.67. The minimum Gasteiger partial charge on any atom is -0.0614 e. The highest BCUT2D eigenvalue weighted by molar-refractivity contribution is 5.09. The summed E-state index contributed by atoms with van der Waals surface area (Å²) in [6, 6.07) is 0. The average molecular weight is 112 g/mol. The maximum absolute atomic E-state index is 2.34. The molecule has 0 N–H and O–H groups in total. The summed E-state index contributed by atoms with van der Waals surface area (Å²) in [4.78, 5) is 0. The van der Waals surface area contributed by atoms with Crippen LogP contribution in [0.3, 0.4) is 0 Å². The zero-order valence-electron chi connectivity index (χ0n) is 6.58. The topological polar surface area (TPSA) is 0 Å². The molecule has 1 aliphatic carbocycles. The predicted molar refractivity (Wildman–Crippen MR) is 36.7 cm³/mol. The molecule has 0 aromatic heterocycles. The molecule has 0 saturated heterocycles. The standard InChI is InChI=1S/C8H16/c1-6-7(2,3)8(6,4)5/h6H,1-5H3. The van der Waals surface area contributed by atoms with Crippen LogP contribution >= 0.6 is 0 Å². The Morgan fingerprint density at radius 3 is 1.00 bits per heavy atom. The van der Waals surface area contributed by atoms with Crippen molar-refractivity contribution in [2.45, 2.75) is 34.6 Å². The zero-order chi connectivity index (χ0) is 6.58. The molecule has 0 amide bonds. The van der Waals surface area contributed by atoms with Crippen LogP contribution in [0.25, 0.3) is 0 Å². The predicted octanol–water partition coefficient (Wildman–Crippen LogP) is 2.69. The van der Waals surface area contributed by atoms with Gasteiger partial charge in [0, 0.05) is 0 Å². The molecule has 1 aliphatic rings. The van der Waals surface area contributed by atoms with Gasteiger partial charge in [0.1, 0.15) is 0 Å². The third-order valence-electron chi connectivity index (χ3n) is 3.74. The molecule has 0 radical (unpaired) electrons. The van der Waals surface area contributed by atoms with E-state index in [1.165, 1.54) is 0 Å². The third kappa shape index (κ3) is 0.416. The van der Waals surface area contributed by atoms with Gasteiger partial charge in [-0.05, 0) is 16.7 Å². The Balaban J connectivity index is 2.72. The summed E-state index contributed by atoms with van der Waals surface area (Å²) in [5.41, 5.74) is 1.21. The number of hydrogen-bond acceptors (Lipinski definition) is 0.